The zero-order valence-electron chi connectivity index (χ0n) is 62.0. The first-order valence-electron chi connectivity index (χ1n) is 34.6. The molecule has 8 atom stereocenters. The first-order valence-corrected chi connectivity index (χ1v) is 34.6. The Bertz CT molecular complexity index is 2700. The van der Waals surface area contributed by atoms with Crippen LogP contribution in [0.1, 0.15) is 194 Å². The Morgan fingerprint density at radius 1 is 0.388 bits per heavy atom. The van der Waals surface area contributed by atoms with Crippen molar-refractivity contribution in [2.24, 2.45) is 43.3 Å². The molecule has 4 fully saturated rings. The molecule has 0 aromatic rings. The number of alkyl carbamates (subject to hydrolysis) is 5. The number of hydrogen-bond acceptors (Lipinski definition) is 20. The Labute approximate surface area is 582 Å². The van der Waals surface area contributed by atoms with E-state index in [9.17, 15) is 47.9 Å². The molecule has 0 aromatic carbocycles. The van der Waals surface area contributed by atoms with Gasteiger partial charge in [-0.1, -0.05) is 103 Å². The summed E-state index contributed by atoms with van der Waals surface area (Å²) in [5.41, 5.74) is -0.760. The molecule has 0 aliphatic heterocycles. The van der Waals surface area contributed by atoms with Crippen molar-refractivity contribution in [1.82, 2.24) is 42.5 Å². The van der Waals surface area contributed by atoms with Crippen molar-refractivity contribution in [2.75, 3.05) is 106 Å². The van der Waals surface area contributed by atoms with Crippen LogP contribution in [0.15, 0.2) is 24.3 Å². The average Bonchev–Trinajstić information content (AvgIpc) is 0.824. The third kappa shape index (κ3) is 34.8. The number of hydrogen-bond donors (Lipinski definition) is 8. The number of rotatable bonds is 34. The van der Waals surface area contributed by atoms with Crippen molar-refractivity contribution in [3.05, 3.63) is 24.3 Å². The maximum Gasteiger partial charge on any atom is 0.407 e. The molecule has 560 valence electrons. The Hall–Kier alpha value is -6.74. The van der Waals surface area contributed by atoms with Gasteiger partial charge in [0.2, 0.25) is 11.8 Å². The van der Waals surface area contributed by atoms with Gasteiger partial charge in [-0.3, -0.25) is 14.4 Å². The molecule has 98 heavy (non-hydrogen) atoms. The number of ketones is 1. The molecule has 0 radical (unpaired) electrons. The van der Waals surface area contributed by atoms with E-state index < -0.39 is 42.4 Å². The Morgan fingerprint density at radius 3 is 1.12 bits per heavy atom. The van der Waals surface area contributed by atoms with Crippen LogP contribution in [0.2, 0.25) is 0 Å². The summed E-state index contributed by atoms with van der Waals surface area (Å²) in [6.07, 6.45) is 7.23. The molecule has 0 heterocycles. The molecule has 7 amide bonds. The molecule has 0 spiro atoms. The minimum absolute atomic E-state index is 0.0173. The summed E-state index contributed by atoms with van der Waals surface area (Å²) in [4.78, 5) is 123. The molecular formula is C71H122N8O19. The predicted molar refractivity (Wildman–Crippen MR) is 368 cm³/mol. The van der Waals surface area contributed by atoms with Crippen LogP contribution >= 0.6 is 0 Å². The van der Waals surface area contributed by atoms with Gasteiger partial charge in [0.15, 0.2) is 12.4 Å². The van der Waals surface area contributed by atoms with Crippen molar-refractivity contribution in [2.45, 2.75) is 218 Å². The lowest BCUT2D eigenvalue weighted by Crippen LogP contribution is -2.51. The van der Waals surface area contributed by atoms with E-state index in [0.29, 0.717) is 52.2 Å². The standard InChI is InChI=1S/C36H62N4O9.C35H60N4O10/c1-10-12-46-20-29(42)39-26-16-33(4,5)22-36(9,18-26)24-38-31(44)48-13-11-28(41)37-23-35(8)19-27(17-34(6,7)21-35)40-32(45)49-15-14-47-30(43)25(2)3;1-24(2)28(41)46-12-13-48-31(44)39-26-15-33(5,6)21-35(8,17-26)23-37-29(42)49-19-27(40)18-36-22-34(7)16-25(14-32(3,4)20-34)38-30(43)47-11-10-45-9/h26-27H,2,10-24H2,1,3-9H3,(H,37,41)(H,38,44)(H,39,42)(H,40,45);25-26,36H,1,10-23H2,2-9H3,(H,37,42)(H,38,43)(H,39,44). The second kappa shape index (κ2) is 39.3. The second-order valence-corrected chi connectivity index (χ2v) is 32.4. The van der Waals surface area contributed by atoms with Gasteiger partial charge in [0.1, 0.15) is 46.2 Å². The Balaban J connectivity index is 0.000000510. The summed E-state index contributed by atoms with van der Waals surface area (Å²) >= 11 is 0. The largest absolute Gasteiger partial charge is 0.459 e. The van der Waals surface area contributed by atoms with E-state index in [0.717, 1.165) is 70.6 Å². The van der Waals surface area contributed by atoms with Crippen LogP contribution in [-0.4, -0.2) is 190 Å². The highest BCUT2D eigenvalue weighted by Crippen LogP contribution is 2.49. The predicted octanol–water partition coefficient (Wildman–Crippen LogP) is 9.04. The molecule has 4 aliphatic carbocycles. The molecule has 27 nitrogen and oxygen atoms in total. The van der Waals surface area contributed by atoms with Crippen molar-refractivity contribution in [3.63, 3.8) is 0 Å². The summed E-state index contributed by atoms with van der Waals surface area (Å²) < 4.78 is 46.3. The van der Waals surface area contributed by atoms with Crippen LogP contribution in [0.25, 0.3) is 0 Å². The van der Waals surface area contributed by atoms with Crippen molar-refractivity contribution in [3.8, 4) is 0 Å². The van der Waals surface area contributed by atoms with Crippen molar-refractivity contribution in [1.29, 1.82) is 0 Å². The molecule has 0 saturated heterocycles. The normalized spacial score (nSPS) is 25.6. The maximum atomic E-state index is 12.7. The third-order valence-electron chi connectivity index (χ3n) is 17.8. The van der Waals surface area contributed by atoms with Gasteiger partial charge >= 0.3 is 42.4 Å². The number of esters is 2. The summed E-state index contributed by atoms with van der Waals surface area (Å²) in [6.45, 7) is 39.7. The molecule has 8 N–H and O–H groups in total. The minimum Gasteiger partial charge on any atom is -0.459 e. The number of carbonyl (C=O) groups is 10. The third-order valence-corrected chi connectivity index (χ3v) is 17.8. The van der Waals surface area contributed by atoms with Crippen molar-refractivity contribution < 1.29 is 90.6 Å². The molecular weight excluding hydrogens is 1270 g/mol. The highest BCUT2D eigenvalue weighted by molar-refractivity contribution is 5.87. The van der Waals surface area contributed by atoms with Crippen LogP contribution < -0.4 is 42.5 Å². The lowest BCUT2D eigenvalue weighted by molar-refractivity contribution is -0.140. The molecule has 4 saturated carbocycles. The quantitative estimate of drug-likeness (QED) is 0.0129. The number of amides is 7. The monoisotopic (exact) mass is 1390 g/mol. The maximum absolute atomic E-state index is 12.7. The van der Waals surface area contributed by atoms with Crippen LogP contribution in [-0.2, 0) is 66.6 Å². The zero-order valence-corrected chi connectivity index (χ0v) is 62.0. The molecule has 27 heteroatoms. The van der Waals surface area contributed by atoms with E-state index in [4.69, 9.17) is 42.6 Å². The molecule has 4 rings (SSSR count). The highest BCUT2D eigenvalue weighted by Gasteiger charge is 2.46. The van der Waals surface area contributed by atoms with Crippen LogP contribution in [0.3, 0.4) is 0 Å². The van der Waals surface area contributed by atoms with Gasteiger partial charge < -0.3 is 85.2 Å². The van der Waals surface area contributed by atoms with Gasteiger partial charge in [0.05, 0.1) is 19.6 Å². The van der Waals surface area contributed by atoms with Crippen LogP contribution in [0.4, 0.5) is 24.0 Å². The Kier molecular flexibility index (Phi) is 34.3. The molecule has 8 unspecified atom stereocenters. The molecule has 0 aromatic heterocycles. The summed E-state index contributed by atoms with van der Waals surface area (Å²) in [5, 5.41) is 23.8. The van der Waals surface area contributed by atoms with E-state index in [1.165, 1.54) is 6.92 Å². The van der Waals surface area contributed by atoms with E-state index >= 15 is 0 Å². The van der Waals surface area contributed by atoms with Gasteiger partial charge in [0, 0.05) is 75.2 Å². The van der Waals surface area contributed by atoms with E-state index in [1.54, 1.807) is 14.0 Å². The lowest BCUT2D eigenvalue weighted by atomic mass is 9.62. The van der Waals surface area contributed by atoms with E-state index in [2.05, 4.69) is 132 Å². The number of carbonyl (C=O) groups excluding carboxylic acids is 10. The fourth-order valence-electron chi connectivity index (χ4n) is 15.7. The van der Waals surface area contributed by atoms with Gasteiger partial charge in [-0.05, 0) is 141 Å². The smallest absolute Gasteiger partial charge is 0.407 e. The first-order chi connectivity index (χ1) is 45.5. The van der Waals surface area contributed by atoms with Crippen LogP contribution in [0.5, 0.6) is 0 Å². The fraction of sp³-hybridized carbons (Fsp3) is 0.803. The number of Topliss-reactive ketones (excluding diaryl/α,β-unsaturated/α-hetero) is 1. The summed E-state index contributed by atoms with van der Waals surface area (Å²) in [6, 6.07) is -0.433. The molecule has 4 aliphatic rings. The number of methoxy groups -OCH3 is 1. The average molecular weight is 1390 g/mol. The summed E-state index contributed by atoms with van der Waals surface area (Å²) in [7, 11) is 1.55. The van der Waals surface area contributed by atoms with Gasteiger partial charge in [-0.15, -0.1) is 0 Å². The van der Waals surface area contributed by atoms with E-state index in [-0.39, 0.29) is 162 Å². The second-order valence-electron chi connectivity index (χ2n) is 32.4. The highest BCUT2D eigenvalue weighted by atomic mass is 16.6. The zero-order chi connectivity index (χ0) is 73.8. The number of nitrogens with one attached hydrogen (secondary N) is 8. The number of ether oxygens (including phenoxy) is 9. The van der Waals surface area contributed by atoms with Gasteiger partial charge in [0.25, 0.3) is 0 Å². The molecule has 0 bridgehead atoms. The fourth-order valence-corrected chi connectivity index (χ4v) is 15.7. The SMILES string of the molecule is C=C(C)C(=O)OCCOC(=O)NC1CC(C)(C)CC(C)(CNC(=O)CCOC(=O)NCC2(C)CC(NC(=O)COCCC)CC(C)(C)C2)C1.C=C(C)C(=O)OCCOC(=O)NC1CC(C)(C)CC(C)(CNC(=O)OCC(=O)CNCC2(C)CC(NC(=O)OCCOC)CC(C)(C)C2)C1. The van der Waals surface area contributed by atoms with Crippen LogP contribution in [0, 0.1) is 43.3 Å². The lowest BCUT2D eigenvalue weighted by Gasteiger charge is -2.47. The van der Waals surface area contributed by atoms with Gasteiger partial charge in [-0.2, -0.15) is 0 Å². The Morgan fingerprint density at radius 2 is 0.735 bits per heavy atom. The van der Waals surface area contributed by atoms with Gasteiger partial charge in [-0.25, -0.2) is 33.6 Å². The minimum atomic E-state index is -0.682. The topological polar surface area (TPSA) is 350 Å². The first kappa shape index (κ1) is 85.5. The van der Waals surface area contributed by atoms with E-state index in [1.807, 2.05) is 13.8 Å². The summed E-state index contributed by atoms with van der Waals surface area (Å²) in [5.74, 6) is -1.69. The van der Waals surface area contributed by atoms with Crippen molar-refractivity contribution >= 4 is 60.0 Å².